The molecule has 1 rings (SSSR count). The van der Waals surface area contributed by atoms with E-state index < -0.39 is 0 Å². The van der Waals surface area contributed by atoms with Gasteiger partial charge < -0.3 is 15.8 Å². The summed E-state index contributed by atoms with van der Waals surface area (Å²) >= 11 is 0. The van der Waals surface area contributed by atoms with Crippen molar-refractivity contribution in [1.82, 2.24) is 5.32 Å². The van der Waals surface area contributed by atoms with Crippen LogP contribution in [0, 0.1) is 5.41 Å². The van der Waals surface area contributed by atoms with E-state index in [0.717, 1.165) is 5.56 Å². The molecule has 0 aliphatic rings. The molecule has 0 aliphatic carbocycles. The van der Waals surface area contributed by atoms with Crippen molar-refractivity contribution < 1.29 is 4.74 Å². The number of ether oxygens (including phenoxy) is 1. The summed E-state index contributed by atoms with van der Waals surface area (Å²) in [5.74, 6) is -0.0931. The molecule has 0 saturated heterocycles. The Kier molecular flexibility index (Phi) is 4.12. The zero-order valence-electron chi connectivity index (χ0n) is 9.03. The van der Waals surface area contributed by atoms with Crippen molar-refractivity contribution in [3.63, 3.8) is 0 Å². The number of nitrogens with two attached hydrogens (primary N) is 1. The van der Waals surface area contributed by atoms with Gasteiger partial charge in [0.2, 0.25) is 0 Å². The first-order chi connectivity index (χ1) is 7.09. The molecule has 0 fully saturated rings. The first-order valence-electron chi connectivity index (χ1n) is 4.90. The second kappa shape index (κ2) is 5.36. The lowest BCUT2D eigenvalue weighted by atomic mass is 10.2. The van der Waals surface area contributed by atoms with Gasteiger partial charge in [-0.25, -0.2) is 0 Å². The molecule has 0 amide bonds. The Bertz CT molecular complexity index is 311. The van der Waals surface area contributed by atoms with Crippen molar-refractivity contribution in [3.8, 4) is 0 Å². The van der Waals surface area contributed by atoms with E-state index >= 15 is 0 Å². The second-order valence-electron chi connectivity index (χ2n) is 3.53. The summed E-state index contributed by atoms with van der Waals surface area (Å²) in [7, 11) is 0. The average Bonchev–Trinajstić information content (AvgIpc) is 2.17. The van der Waals surface area contributed by atoms with Crippen LogP contribution >= 0.6 is 0 Å². The molecule has 82 valence electrons. The maximum atomic E-state index is 7.21. The van der Waals surface area contributed by atoms with Crippen LogP contribution in [0.1, 0.15) is 25.6 Å². The zero-order valence-corrected chi connectivity index (χ0v) is 9.03. The monoisotopic (exact) mass is 207 g/mol. The molecule has 0 saturated carbocycles. The molecule has 4 N–H and O–H groups in total. The maximum absolute atomic E-state index is 7.21. The fourth-order valence-electron chi connectivity index (χ4n) is 1.24. The number of rotatable bonds is 4. The van der Waals surface area contributed by atoms with E-state index in [2.05, 4.69) is 5.32 Å². The Balaban J connectivity index is 2.76. The Hall–Kier alpha value is -1.55. The third-order valence-corrected chi connectivity index (χ3v) is 1.80. The zero-order chi connectivity index (χ0) is 11.3. The molecular formula is C11H17N3O. The van der Waals surface area contributed by atoms with Crippen molar-refractivity contribution in [1.29, 1.82) is 5.41 Å². The summed E-state index contributed by atoms with van der Waals surface area (Å²) in [6.07, 6.45) is -0.286. The van der Waals surface area contributed by atoms with Gasteiger partial charge in [-0.15, -0.1) is 0 Å². The highest BCUT2D eigenvalue weighted by molar-refractivity contribution is 5.74. The second-order valence-corrected chi connectivity index (χ2v) is 3.53. The average molecular weight is 207 g/mol. The number of hydrogen-bond donors (Lipinski definition) is 3. The summed E-state index contributed by atoms with van der Waals surface area (Å²) < 4.78 is 5.62. The van der Waals surface area contributed by atoms with Gasteiger partial charge in [-0.1, -0.05) is 30.3 Å². The van der Waals surface area contributed by atoms with E-state index in [1.807, 2.05) is 44.2 Å². The molecular weight excluding hydrogens is 190 g/mol. The maximum Gasteiger partial charge on any atom is 0.187 e. The summed E-state index contributed by atoms with van der Waals surface area (Å²) in [5.41, 5.74) is 6.26. The lowest BCUT2D eigenvalue weighted by Gasteiger charge is -2.21. The van der Waals surface area contributed by atoms with E-state index in [9.17, 15) is 0 Å². The highest BCUT2D eigenvalue weighted by atomic mass is 16.5. The van der Waals surface area contributed by atoms with Gasteiger partial charge in [0.1, 0.15) is 0 Å². The van der Waals surface area contributed by atoms with Crippen LogP contribution in [0.5, 0.6) is 0 Å². The minimum Gasteiger partial charge on any atom is -0.370 e. The van der Waals surface area contributed by atoms with Gasteiger partial charge in [-0.05, 0) is 13.8 Å². The molecule has 1 aromatic rings. The van der Waals surface area contributed by atoms with Crippen molar-refractivity contribution in [2.75, 3.05) is 0 Å². The molecule has 0 spiro atoms. The van der Waals surface area contributed by atoms with Crippen molar-refractivity contribution in [3.05, 3.63) is 35.9 Å². The van der Waals surface area contributed by atoms with Gasteiger partial charge in [0.05, 0.1) is 6.10 Å². The summed E-state index contributed by atoms with van der Waals surface area (Å²) in [4.78, 5) is 0. The van der Waals surface area contributed by atoms with Crippen LogP contribution in [-0.4, -0.2) is 12.1 Å². The molecule has 0 aliphatic heterocycles. The van der Waals surface area contributed by atoms with Gasteiger partial charge >= 0.3 is 0 Å². The van der Waals surface area contributed by atoms with Gasteiger partial charge in [0.15, 0.2) is 12.2 Å². The number of hydrogen-bond acceptors (Lipinski definition) is 2. The third kappa shape index (κ3) is 3.99. The molecule has 15 heavy (non-hydrogen) atoms. The molecule has 1 atom stereocenters. The van der Waals surface area contributed by atoms with Crippen LogP contribution in [0.15, 0.2) is 30.3 Å². The van der Waals surface area contributed by atoms with Gasteiger partial charge in [-0.2, -0.15) is 0 Å². The van der Waals surface area contributed by atoms with Gasteiger partial charge in [-0.3, -0.25) is 5.41 Å². The van der Waals surface area contributed by atoms with E-state index in [0.29, 0.717) is 0 Å². The largest absolute Gasteiger partial charge is 0.370 e. The van der Waals surface area contributed by atoms with E-state index in [4.69, 9.17) is 15.9 Å². The molecule has 0 bridgehead atoms. The first-order valence-corrected chi connectivity index (χ1v) is 4.90. The molecule has 1 aromatic carbocycles. The highest BCUT2D eigenvalue weighted by Crippen LogP contribution is 2.15. The summed E-state index contributed by atoms with van der Waals surface area (Å²) in [6, 6.07) is 9.65. The molecule has 4 nitrogen and oxygen atoms in total. The Morgan fingerprint density at radius 1 is 1.33 bits per heavy atom. The van der Waals surface area contributed by atoms with Crippen molar-refractivity contribution in [2.24, 2.45) is 5.73 Å². The smallest absolute Gasteiger partial charge is 0.187 e. The van der Waals surface area contributed by atoms with Crippen LogP contribution in [0.25, 0.3) is 0 Å². The fourth-order valence-corrected chi connectivity index (χ4v) is 1.24. The Morgan fingerprint density at radius 2 is 1.93 bits per heavy atom. The fraction of sp³-hybridized carbons (Fsp3) is 0.364. The summed E-state index contributed by atoms with van der Waals surface area (Å²) in [5, 5.41) is 9.97. The lowest BCUT2D eigenvalue weighted by Crippen LogP contribution is -2.36. The molecule has 0 aromatic heterocycles. The molecule has 0 heterocycles. The highest BCUT2D eigenvalue weighted by Gasteiger charge is 2.13. The topological polar surface area (TPSA) is 71.1 Å². The predicted octanol–water partition coefficient (Wildman–Crippen LogP) is 1.59. The van der Waals surface area contributed by atoms with Gasteiger partial charge in [0.25, 0.3) is 0 Å². The molecule has 4 heteroatoms. The molecule has 0 radical (unpaired) electrons. The lowest BCUT2D eigenvalue weighted by molar-refractivity contribution is -0.00262. The van der Waals surface area contributed by atoms with Gasteiger partial charge in [0, 0.05) is 5.56 Å². The number of nitrogens with one attached hydrogen (secondary N) is 2. The van der Waals surface area contributed by atoms with Crippen LogP contribution in [-0.2, 0) is 4.74 Å². The van der Waals surface area contributed by atoms with E-state index in [1.165, 1.54) is 0 Å². The number of guanidine groups is 1. The third-order valence-electron chi connectivity index (χ3n) is 1.80. The quantitative estimate of drug-likeness (QED) is 0.399. The Morgan fingerprint density at radius 3 is 2.40 bits per heavy atom. The first kappa shape index (κ1) is 11.5. The number of benzene rings is 1. The van der Waals surface area contributed by atoms with Crippen LogP contribution < -0.4 is 11.1 Å². The normalized spacial score (nSPS) is 12.5. The molecule has 1 unspecified atom stereocenters. The van der Waals surface area contributed by atoms with Crippen molar-refractivity contribution >= 4 is 5.96 Å². The SMILES string of the molecule is CC(C)OC(NC(=N)N)c1ccccc1. The van der Waals surface area contributed by atoms with Crippen LogP contribution in [0.2, 0.25) is 0 Å². The van der Waals surface area contributed by atoms with Crippen molar-refractivity contribution in [2.45, 2.75) is 26.2 Å². The van der Waals surface area contributed by atoms with Crippen LogP contribution in [0.3, 0.4) is 0 Å². The summed E-state index contributed by atoms with van der Waals surface area (Å²) in [6.45, 7) is 3.88. The minimum atomic E-state index is -0.358. The predicted molar refractivity (Wildman–Crippen MR) is 60.5 cm³/mol. The Labute approximate surface area is 89.9 Å². The van der Waals surface area contributed by atoms with Crippen LogP contribution in [0.4, 0.5) is 0 Å². The standard InChI is InChI=1S/C11H17N3O/c1-8(2)15-10(14-11(12)13)9-6-4-3-5-7-9/h3-8,10H,1-2H3,(H4,12,13,14). The minimum absolute atomic E-state index is 0.0713. The van der Waals surface area contributed by atoms with E-state index in [-0.39, 0.29) is 18.3 Å². The van der Waals surface area contributed by atoms with E-state index in [1.54, 1.807) is 0 Å².